The Balaban J connectivity index is 1.49. The summed E-state index contributed by atoms with van der Waals surface area (Å²) in [6.07, 6.45) is 0.983. The van der Waals surface area contributed by atoms with Crippen molar-refractivity contribution in [1.82, 2.24) is 10.1 Å². The predicted molar refractivity (Wildman–Crippen MR) is 105 cm³/mol. The summed E-state index contributed by atoms with van der Waals surface area (Å²) >= 11 is 1.38. The third kappa shape index (κ3) is 5.19. The molecule has 0 atom stereocenters. The van der Waals surface area contributed by atoms with Crippen molar-refractivity contribution < 1.29 is 9.32 Å². The molecule has 0 spiro atoms. The number of nitriles is 1. The van der Waals surface area contributed by atoms with Crippen molar-refractivity contribution in [2.45, 2.75) is 19.1 Å². The topological polar surface area (TPSA) is 91.8 Å². The smallest absolute Gasteiger partial charge is 0.236 e. The lowest BCUT2D eigenvalue weighted by molar-refractivity contribution is -0.113. The molecule has 7 heteroatoms. The molecule has 1 N–H and O–H groups in total. The maximum absolute atomic E-state index is 12.0. The maximum atomic E-state index is 12.0. The second-order valence-electron chi connectivity index (χ2n) is 5.80. The van der Waals surface area contributed by atoms with Crippen LogP contribution in [0.25, 0.3) is 11.4 Å². The first-order valence-electron chi connectivity index (χ1n) is 8.47. The van der Waals surface area contributed by atoms with Crippen molar-refractivity contribution in [2.75, 3.05) is 11.1 Å². The van der Waals surface area contributed by atoms with Gasteiger partial charge in [-0.2, -0.15) is 10.2 Å². The van der Waals surface area contributed by atoms with Crippen LogP contribution in [-0.2, 0) is 17.0 Å². The minimum Gasteiger partial charge on any atom is -0.338 e. The van der Waals surface area contributed by atoms with Crippen LogP contribution in [-0.4, -0.2) is 21.8 Å². The molecule has 0 aliphatic rings. The van der Waals surface area contributed by atoms with E-state index in [1.807, 2.05) is 30.3 Å². The molecule has 136 valence electrons. The Morgan fingerprint density at radius 3 is 2.81 bits per heavy atom. The number of hydrogen-bond acceptors (Lipinski definition) is 6. The Labute approximate surface area is 161 Å². The van der Waals surface area contributed by atoms with Gasteiger partial charge in [-0.25, -0.2) is 0 Å². The molecular weight excluding hydrogens is 360 g/mol. The number of hydrogen-bond donors (Lipinski definition) is 1. The monoisotopic (exact) mass is 378 g/mol. The normalized spacial score (nSPS) is 10.4. The van der Waals surface area contributed by atoms with Crippen LogP contribution in [0, 0.1) is 11.3 Å². The van der Waals surface area contributed by atoms with Crippen LogP contribution in [0.15, 0.2) is 53.1 Å². The SMILES string of the molecule is CCc1ccc(-c2noc(CSCC(=O)Nc3cccc(C#N)c3)n2)cc1. The molecule has 6 nitrogen and oxygen atoms in total. The van der Waals surface area contributed by atoms with Crippen molar-refractivity contribution in [2.24, 2.45) is 0 Å². The first kappa shape index (κ1) is 18.7. The van der Waals surface area contributed by atoms with Crippen molar-refractivity contribution in [3.05, 3.63) is 65.5 Å². The number of nitrogens with zero attached hydrogens (tertiary/aromatic N) is 3. The van der Waals surface area contributed by atoms with E-state index in [-0.39, 0.29) is 11.7 Å². The first-order chi connectivity index (χ1) is 13.2. The van der Waals surface area contributed by atoms with Gasteiger partial charge in [-0.1, -0.05) is 42.4 Å². The molecule has 0 saturated heterocycles. The quantitative estimate of drug-likeness (QED) is 0.667. The van der Waals surface area contributed by atoms with Crippen molar-refractivity contribution >= 4 is 23.4 Å². The Kier molecular flexibility index (Phi) is 6.23. The fourth-order valence-corrected chi connectivity index (χ4v) is 3.07. The molecule has 3 aromatic rings. The van der Waals surface area contributed by atoms with Gasteiger partial charge in [-0.3, -0.25) is 4.79 Å². The highest BCUT2D eigenvalue weighted by atomic mass is 32.2. The van der Waals surface area contributed by atoms with E-state index in [0.29, 0.717) is 28.7 Å². The van der Waals surface area contributed by atoms with E-state index in [1.165, 1.54) is 17.3 Å². The summed E-state index contributed by atoms with van der Waals surface area (Å²) in [7, 11) is 0. The molecule has 1 heterocycles. The molecule has 1 aromatic heterocycles. The molecule has 0 fully saturated rings. The summed E-state index contributed by atoms with van der Waals surface area (Å²) in [5.74, 6) is 1.58. The third-order valence-corrected chi connectivity index (χ3v) is 4.74. The van der Waals surface area contributed by atoms with E-state index in [0.717, 1.165) is 12.0 Å². The Hall–Kier alpha value is -3.11. The Bertz CT molecular complexity index is 961. The zero-order valence-corrected chi connectivity index (χ0v) is 15.6. The molecule has 0 radical (unpaired) electrons. The van der Waals surface area contributed by atoms with Gasteiger partial charge in [0.25, 0.3) is 0 Å². The number of carbonyl (C=O) groups excluding carboxylic acids is 1. The lowest BCUT2D eigenvalue weighted by atomic mass is 10.1. The highest BCUT2D eigenvalue weighted by Gasteiger charge is 2.10. The number of rotatable bonds is 7. The van der Waals surface area contributed by atoms with Gasteiger partial charge in [-0.05, 0) is 30.2 Å². The molecule has 2 aromatic carbocycles. The zero-order chi connectivity index (χ0) is 19.1. The molecular formula is C20H18N4O2S. The van der Waals surface area contributed by atoms with E-state index in [1.54, 1.807) is 24.3 Å². The van der Waals surface area contributed by atoms with Gasteiger partial charge in [0.1, 0.15) is 0 Å². The van der Waals surface area contributed by atoms with Crippen LogP contribution in [0.1, 0.15) is 23.9 Å². The van der Waals surface area contributed by atoms with Gasteiger partial charge in [0.15, 0.2) is 0 Å². The highest BCUT2D eigenvalue weighted by Crippen LogP contribution is 2.19. The summed E-state index contributed by atoms with van der Waals surface area (Å²) < 4.78 is 5.26. The third-order valence-electron chi connectivity index (χ3n) is 3.82. The van der Waals surface area contributed by atoms with Crippen LogP contribution in [0.4, 0.5) is 5.69 Å². The highest BCUT2D eigenvalue weighted by molar-refractivity contribution is 7.99. The van der Waals surface area contributed by atoms with Crippen LogP contribution >= 0.6 is 11.8 Å². The fraction of sp³-hybridized carbons (Fsp3) is 0.200. The second-order valence-corrected chi connectivity index (χ2v) is 6.78. The van der Waals surface area contributed by atoms with Crippen molar-refractivity contribution in [3.63, 3.8) is 0 Å². The summed E-state index contributed by atoms with van der Waals surface area (Å²) in [5.41, 5.74) is 3.27. The zero-order valence-electron chi connectivity index (χ0n) is 14.8. The summed E-state index contributed by atoms with van der Waals surface area (Å²) in [4.78, 5) is 16.4. The second kappa shape index (κ2) is 9.01. The molecule has 0 bridgehead atoms. The lowest BCUT2D eigenvalue weighted by Crippen LogP contribution is -2.14. The molecule has 3 rings (SSSR count). The Morgan fingerprint density at radius 1 is 1.26 bits per heavy atom. The summed E-state index contributed by atoms with van der Waals surface area (Å²) in [5, 5.41) is 15.6. The maximum Gasteiger partial charge on any atom is 0.236 e. The van der Waals surface area contributed by atoms with E-state index in [4.69, 9.17) is 9.78 Å². The van der Waals surface area contributed by atoms with Gasteiger partial charge in [0.05, 0.1) is 23.1 Å². The van der Waals surface area contributed by atoms with Crippen LogP contribution < -0.4 is 5.32 Å². The number of benzene rings is 2. The van der Waals surface area contributed by atoms with Gasteiger partial charge in [0, 0.05) is 11.3 Å². The Morgan fingerprint density at radius 2 is 2.07 bits per heavy atom. The van der Waals surface area contributed by atoms with Gasteiger partial charge < -0.3 is 9.84 Å². The predicted octanol–water partition coefficient (Wildman–Crippen LogP) is 4.04. The number of thioether (sulfide) groups is 1. The minimum absolute atomic E-state index is 0.148. The lowest BCUT2D eigenvalue weighted by Gasteiger charge is -2.04. The van der Waals surface area contributed by atoms with Gasteiger partial charge in [-0.15, -0.1) is 11.8 Å². The van der Waals surface area contributed by atoms with Crippen molar-refractivity contribution in [1.29, 1.82) is 5.26 Å². The minimum atomic E-state index is -0.148. The van der Waals surface area contributed by atoms with Crippen molar-refractivity contribution in [3.8, 4) is 17.5 Å². The van der Waals surface area contributed by atoms with Gasteiger partial charge >= 0.3 is 0 Å². The van der Waals surface area contributed by atoms with E-state index >= 15 is 0 Å². The molecule has 0 saturated carbocycles. The number of carbonyl (C=O) groups is 1. The molecule has 0 aliphatic carbocycles. The van der Waals surface area contributed by atoms with Gasteiger partial charge in [0.2, 0.25) is 17.6 Å². The number of anilines is 1. The average Bonchev–Trinajstić information content (AvgIpc) is 3.17. The largest absolute Gasteiger partial charge is 0.338 e. The van der Waals surface area contributed by atoms with E-state index in [2.05, 4.69) is 22.4 Å². The molecule has 0 aliphatic heterocycles. The molecule has 1 amide bonds. The number of nitrogens with one attached hydrogen (secondary N) is 1. The van der Waals surface area contributed by atoms with E-state index in [9.17, 15) is 4.79 Å². The van der Waals surface area contributed by atoms with Crippen LogP contribution in [0.3, 0.4) is 0 Å². The molecule has 27 heavy (non-hydrogen) atoms. The number of amides is 1. The summed E-state index contributed by atoms with van der Waals surface area (Å²) in [6.45, 7) is 2.11. The number of aryl methyl sites for hydroxylation is 1. The van der Waals surface area contributed by atoms with Crippen LogP contribution in [0.5, 0.6) is 0 Å². The average molecular weight is 378 g/mol. The van der Waals surface area contributed by atoms with Crippen LogP contribution in [0.2, 0.25) is 0 Å². The molecule has 0 unspecified atom stereocenters. The first-order valence-corrected chi connectivity index (χ1v) is 9.63. The fourth-order valence-electron chi connectivity index (χ4n) is 2.41. The summed E-state index contributed by atoms with van der Waals surface area (Å²) in [6, 6.07) is 16.9. The standard InChI is InChI=1S/C20H18N4O2S/c1-2-14-6-8-16(9-7-14)20-23-19(26-24-20)13-27-12-18(25)22-17-5-3-4-15(10-17)11-21/h3-10H,2,12-13H2,1H3,(H,22,25). The number of aromatic nitrogens is 2. The van der Waals surface area contributed by atoms with E-state index < -0.39 is 0 Å².